The molecular weight excluding hydrogens is 297 g/mol. The summed E-state index contributed by atoms with van der Waals surface area (Å²) in [4.78, 5) is -0.0428. The summed E-state index contributed by atoms with van der Waals surface area (Å²) in [6, 6.07) is 4.17. The van der Waals surface area contributed by atoms with Gasteiger partial charge in [-0.15, -0.1) is 0 Å². The van der Waals surface area contributed by atoms with Crippen molar-refractivity contribution >= 4 is 33.2 Å². The molecule has 0 aliphatic carbocycles. The molecule has 102 valence electrons. The van der Waals surface area contributed by atoms with Crippen LogP contribution in [0, 0.1) is 0 Å². The smallest absolute Gasteiger partial charge is 0.244 e. The Bertz CT molecular complexity index is 517. The highest BCUT2D eigenvalue weighted by molar-refractivity contribution is 7.89. The lowest BCUT2D eigenvalue weighted by Gasteiger charge is -2.25. The number of rotatable bonds is 5. The molecule has 0 atom stereocenters. The lowest BCUT2D eigenvalue weighted by Crippen LogP contribution is -2.39. The third-order valence-electron chi connectivity index (χ3n) is 2.40. The van der Waals surface area contributed by atoms with Crippen LogP contribution >= 0.6 is 23.2 Å². The van der Waals surface area contributed by atoms with E-state index in [9.17, 15) is 8.42 Å². The van der Waals surface area contributed by atoms with E-state index in [0.717, 1.165) is 0 Å². The van der Waals surface area contributed by atoms with Crippen molar-refractivity contribution in [3.05, 3.63) is 28.2 Å². The maximum absolute atomic E-state index is 12.4. The van der Waals surface area contributed by atoms with Crippen molar-refractivity contribution in [3.63, 3.8) is 0 Å². The van der Waals surface area contributed by atoms with Gasteiger partial charge in [-0.25, -0.2) is 8.42 Å². The van der Waals surface area contributed by atoms with Crippen LogP contribution in [0.15, 0.2) is 23.1 Å². The van der Waals surface area contributed by atoms with Crippen LogP contribution in [-0.4, -0.2) is 37.0 Å². The van der Waals surface area contributed by atoms with Gasteiger partial charge in [-0.05, 0) is 26.0 Å². The van der Waals surface area contributed by atoms with E-state index in [2.05, 4.69) is 0 Å². The van der Waals surface area contributed by atoms with E-state index in [0.29, 0.717) is 0 Å². The van der Waals surface area contributed by atoms with Crippen LogP contribution in [0.3, 0.4) is 0 Å². The van der Waals surface area contributed by atoms with Gasteiger partial charge in [-0.3, -0.25) is 0 Å². The van der Waals surface area contributed by atoms with Crippen LogP contribution in [-0.2, 0) is 10.0 Å². The molecule has 1 rings (SSSR count). The van der Waals surface area contributed by atoms with Crippen LogP contribution < -0.4 is 0 Å². The molecule has 7 heteroatoms. The summed E-state index contributed by atoms with van der Waals surface area (Å²) < 4.78 is 26.0. The van der Waals surface area contributed by atoms with E-state index in [1.54, 1.807) is 13.8 Å². The summed E-state index contributed by atoms with van der Waals surface area (Å²) in [7, 11) is -3.76. The van der Waals surface area contributed by atoms with Crippen molar-refractivity contribution in [1.29, 1.82) is 0 Å². The number of hydrogen-bond donors (Lipinski definition) is 1. The summed E-state index contributed by atoms with van der Waals surface area (Å²) in [5.74, 6) is 0. The van der Waals surface area contributed by atoms with E-state index < -0.39 is 10.0 Å². The molecular formula is C11H15Cl2NO3S. The molecule has 4 nitrogen and oxygen atoms in total. The minimum Gasteiger partial charge on any atom is -0.395 e. The highest BCUT2D eigenvalue weighted by Crippen LogP contribution is 2.31. The van der Waals surface area contributed by atoms with Gasteiger partial charge in [0.15, 0.2) is 0 Å². The first kappa shape index (κ1) is 15.7. The highest BCUT2D eigenvalue weighted by Gasteiger charge is 2.29. The van der Waals surface area contributed by atoms with E-state index in [-0.39, 0.29) is 34.1 Å². The molecule has 18 heavy (non-hydrogen) atoms. The van der Waals surface area contributed by atoms with Gasteiger partial charge in [0.05, 0.1) is 16.7 Å². The molecule has 0 saturated heterocycles. The zero-order chi connectivity index (χ0) is 13.9. The van der Waals surface area contributed by atoms with Gasteiger partial charge in [0.1, 0.15) is 4.90 Å². The van der Waals surface area contributed by atoms with Crippen LogP contribution in [0.1, 0.15) is 13.8 Å². The SMILES string of the molecule is CC(C)N(CCO)S(=O)(=O)c1cccc(Cl)c1Cl. The molecule has 0 spiro atoms. The average Bonchev–Trinajstić information content (AvgIpc) is 2.28. The van der Waals surface area contributed by atoms with Gasteiger partial charge >= 0.3 is 0 Å². The zero-order valence-corrected chi connectivity index (χ0v) is 12.4. The number of aliphatic hydroxyl groups excluding tert-OH is 1. The van der Waals surface area contributed by atoms with Gasteiger partial charge in [0.25, 0.3) is 0 Å². The van der Waals surface area contributed by atoms with E-state index in [4.69, 9.17) is 28.3 Å². The Labute approximate surface area is 117 Å². The van der Waals surface area contributed by atoms with Crippen LogP contribution in [0.4, 0.5) is 0 Å². The molecule has 0 saturated carbocycles. The molecule has 0 fully saturated rings. The highest BCUT2D eigenvalue weighted by atomic mass is 35.5. The number of sulfonamides is 1. The van der Waals surface area contributed by atoms with E-state index in [1.165, 1.54) is 22.5 Å². The Hall–Kier alpha value is -0.330. The Morgan fingerprint density at radius 3 is 2.44 bits per heavy atom. The Morgan fingerprint density at radius 2 is 1.94 bits per heavy atom. The molecule has 1 aromatic rings. The monoisotopic (exact) mass is 311 g/mol. The number of nitrogens with zero attached hydrogens (tertiary/aromatic N) is 1. The Balaban J connectivity index is 3.31. The predicted octanol–water partition coefficient (Wildman–Crippen LogP) is 2.38. The van der Waals surface area contributed by atoms with Crippen LogP contribution in [0.2, 0.25) is 10.0 Å². The first-order chi connectivity index (χ1) is 8.32. The van der Waals surface area contributed by atoms with Gasteiger partial charge in [-0.2, -0.15) is 4.31 Å². The normalized spacial score (nSPS) is 12.4. The number of aliphatic hydroxyl groups is 1. The largest absolute Gasteiger partial charge is 0.395 e. The lowest BCUT2D eigenvalue weighted by molar-refractivity contribution is 0.236. The molecule has 1 aromatic carbocycles. The van der Waals surface area contributed by atoms with Crippen molar-refractivity contribution in [2.24, 2.45) is 0 Å². The summed E-state index contributed by atoms with van der Waals surface area (Å²) >= 11 is 11.7. The third kappa shape index (κ3) is 3.16. The minimum atomic E-state index is -3.76. The first-order valence-electron chi connectivity index (χ1n) is 5.39. The quantitative estimate of drug-likeness (QED) is 0.908. The predicted molar refractivity (Wildman–Crippen MR) is 72.6 cm³/mol. The Kier molecular flexibility index (Phi) is 5.43. The summed E-state index contributed by atoms with van der Waals surface area (Å²) in [6.45, 7) is 3.22. The molecule has 0 bridgehead atoms. The van der Waals surface area contributed by atoms with Crippen molar-refractivity contribution in [2.75, 3.05) is 13.2 Å². The second-order valence-electron chi connectivity index (χ2n) is 3.99. The van der Waals surface area contributed by atoms with E-state index >= 15 is 0 Å². The van der Waals surface area contributed by atoms with Gasteiger partial charge in [0.2, 0.25) is 10.0 Å². The molecule has 0 unspecified atom stereocenters. The van der Waals surface area contributed by atoms with Gasteiger partial charge in [0, 0.05) is 12.6 Å². The fourth-order valence-corrected chi connectivity index (χ4v) is 3.93. The van der Waals surface area contributed by atoms with E-state index in [1.807, 2.05) is 0 Å². The van der Waals surface area contributed by atoms with Crippen LogP contribution in [0.5, 0.6) is 0 Å². The number of halogens is 2. The molecule has 0 aliphatic rings. The Morgan fingerprint density at radius 1 is 1.33 bits per heavy atom. The molecule has 0 aromatic heterocycles. The maximum Gasteiger partial charge on any atom is 0.244 e. The fraction of sp³-hybridized carbons (Fsp3) is 0.455. The average molecular weight is 312 g/mol. The van der Waals surface area contributed by atoms with Crippen molar-refractivity contribution in [3.8, 4) is 0 Å². The second-order valence-corrected chi connectivity index (χ2v) is 6.63. The summed E-state index contributed by atoms with van der Waals surface area (Å²) in [5.41, 5.74) is 0. The topological polar surface area (TPSA) is 57.6 Å². The number of hydrogen-bond acceptors (Lipinski definition) is 3. The fourth-order valence-electron chi connectivity index (χ4n) is 1.56. The third-order valence-corrected chi connectivity index (χ3v) is 5.45. The van der Waals surface area contributed by atoms with Crippen molar-refractivity contribution < 1.29 is 13.5 Å². The zero-order valence-electron chi connectivity index (χ0n) is 10.1. The van der Waals surface area contributed by atoms with Crippen LogP contribution in [0.25, 0.3) is 0 Å². The molecule has 0 aliphatic heterocycles. The second kappa shape index (κ2) is 6.21. The number of benzene rings is 1. The molecule has 0 heterocycles. The minimum absolute atomic E-state index is 0.00255. The van der Waals surface area contributed by atoms with Crippen molar-refractivity contribution in [1.82, 2.24) is 4.31 Å². The lowest BCUT2D eigenvalue weighted by atomic mass is 10.4. The van der Waals surface area contributed by atoms with Gasteiger partial charge in [-0.1, -0.05) is 29.3 Å². The standard InChI is InChI=1S/C11H15Cl2NO3S/c1-8(2)14(6-7-15)18(16,17)10-5-3-4-9(12)11(10)13/h3-5,8,15H,6-7H2,1-2H3. The maximum atomic E-state index is 12.4. The van der Waals surface area contributed by atoms with Gasteiger partial charge < -0.3 is 5.11 Å². The molecule has 0 amide bonds. The molecule has 1 N–H and O–H groups in total. The molecule has 0 radical (unpaired) electrons. The first-order valence-corrected chi connectivity index (χ1v) is 7.58. The summed E-state index contributed by atoms with van der Waals surface area (Å²) in [5, 5.41) is 9.14. The van der Waals surface area contributed by atoms with Crippen molar-refractivity contribution in [2.45, 2.75) is 24.8 Å². The summed E-state index contributed by atoms with van der Waals surface area (Å²) in [6.07, 6.45) is 0.